The van der Waals surface area contributed by atoms with Gasteiger partial charge in [0.15, 0.2) is 9.84 Å². The summed E-state index contributed by atoms with van der Waals surface area (Å²) in [5.41, 5.74) is 0. The molecule has 0 aliphatic heterocycles. The fraction of sp³-hybridized carbons (Fsp3) is 0.909. The predicted octanol–water partition coefficient (Wildman–Crippen LogP) is 1.11. The summed E-state index contributed by atoms with van der Waals surface area (Å²) in [6, 6.07) is 0.144. The Morgan fingerprint density at radius 2 is 1.88 bits per heavy atom. The summed E-state index contributed by atoms with van der Waals surface area (Å²) in [5, 5.41) is 1.91. The number of rotatable bonds is 3. The average molecular weight is 247 g/mol. The molecule has 1 saturated carbocycles. The van der Waals surface area contributed by atoms with E-state index in [-0.39, 0.29) is 11.9 Å². The van der Waals surface area contributed by atoms with E-state index in [1.165, 1.54) is 13.3 Å². The van der Waals surface area contributed by atoms with Crippen molar-refractivity contribution in [1.82, 2.24) is 5.32 Å². The van der Waals surface area contributed by atoms with Crippen molar-refractivity contribution in [3.05, 3.63) is 0 Å². The smallest absolute Gasteiger partial charge is 0.238 e. The summed E-state index contributed by atoms with van der Waals surface area (Å²) in [6.07, 6.45) is 5.49. The Labute approximate surface area is 97.7 Å². The van der Waals surface area contributed by atoms with Gasteiger partial charge >= 0.3 is 0 Å². The van der Waals surface area contributed by atoms with E-state index in [1.54, 1.807) is 0 Å². The molecule has 0 spiro atoms. The van der Waals surface area contributed by atoms with Crippen LogP contribution in [-0.4, -0.2) is 31.9 Å². The van der Waals surface area contributed by atoms with Crippen LogP contribution in [0.5, 0.6) is 0 Å². The molecule has 1 amide bonds. The highest BCUT2D eigenvalue weighted by atomic mass is 32.2. The Morgan fingerprint density at radius 3 is 2.38 bits per heavy atom. The van der Waals surface area contributed by atoms with Crippen LogP contribution in [0, 0.1) is 5.92 Å². The molecule has 0 bridgehead atoms. The zero-order chi connectivity index (χ0) is 12.3. The summed E-state index contributed by atoms with van der Waals surface area (Å²) in [6.45, 7) is 3.55. The quantitative estimate of drug-likeness (QED) is 0.812. The van der Waals surface area contributed by atoms with E-state index in [2.05, 4.69) is 12.2 Å². The standard InChI is InChI=1S/C11H21NO3S/c1-8-6-4-5-7-10(8)12-11(13)9(2)16(3,14)15/h8-10H,4-7H2,1-3H3,(H,12,13)/t8-,9+,10-/m1/s1. The molecule has 1 rings (SSSR count). The first kappa shape index (κ1) is 13.5. The summed E-state index contributed by atoms with van der Waals surface area (Å²) < 4.78 is 22.5. The van der Waals surface area contributed by atoms with Crippen molar-refractivity contribution < 1.29 is 13.2 Å². The third-order valence-electron chi connectivity index (χ3n) is 3.45. The zero-order valence-corrected chi connectivity index (χ0v) is 11.0. The molecule has 0 aromatic heterocycles. The highest BCUT2D eigenvalue weighted by Gasteiger charge is 2.28. The molecule has 5 heteroatoms. The van der Waals surface area contributed by atoms with E-state index in [4.69, 9.17) is 0 Å². The lowest BCUT2D eigenvalue weighted by Crippen LogP contribution is -2.46. The van der Waals surface area contributed by atoms with Gasteiger partial charge in [-0.25, -0.2) is 8.42 Å². The van der Waals surface area contributed by atoms with Crippen LogP contribution in [0.25, 0.3) is 0 Å². The molecule has 94 valence electrons. The van der Waals surface area contributed by atoms with Gasteiger partial charge in [0.25, 0.3) is 0 Å². The highest BCUT2D eigenvalue weighted by molar-refractivity contribution is 7.92. The topological polar surface area (TPSA) is 63.2 Å². The maximum atomic E-state index is 11.7. The molecule has 0 saturated heterocycles. The van der Waals surface area contributed by atoms with E-state index < -0.39 is 15.1 Å². The van der Waals surface area contributed by atoms with E-state index in [1.807, 2.05) is 0 Å². The summed E-state index contributed by atoms with van der Waals surface area (Å²) >= 11 is 0. The normalized spacial score (nSPS) is 28.4. The largest absolute Gasteiger partial charge is 0.352 e. The Hall–Kier alpha value is -0.580. The number of nitrogens with one attached hydrogen (secondary N) is 1. The lowest BCUT2D eigenvalue weighted by Gasteiger charge is -2.30. The molecule has 0 heterocycles. The van der Waals surface area contributed by atoms with Crippen molar-refractivity contribution in [1.29, 1.82) is 0 Å². The van der Waals surface area contributed by atoms with Gasteiger partial charge in [0.2, 0.25) is 5.91 Å². The first-order valence-electron chi connectivity index (χ1n) is 5.81. The minimum Gasteiger partial charge on any atom is -0.352 e. The second-order valence-electron chi connectivity index (χ2n) is 4.85. The van der Waals surface area contributed by atoms with E-state index in [0.29, 0.717) is 5.92 Å². The first-order chi connectivity index (χ1) is 7.32. The lowest BCUT2D eigenvalue weighted by atomic mass is 9.86. The monoisotopic (exact) mass is 247 g/mol. The molecule has 1 fully saturated rings. The number of hydrogen-bond acceptors (Lipinski definition) is 3. The van der Waals surface area contributed by atoms with Crippen LogP contribution in [0.2, 0.25) is 0 Å². The molecule has 0 unspecified atom stereocenters. The molecule has 0 aromatic carbocycles. The lowest BCUT2D eigenvalue weighted by molar-refractivity contribution is -0.121. The average Bonchev–Trinajstić information content (AvgIpc) is 2.19. The molecule has 16 heavy (non-hydrogen) atoms. The number of sulfone groups is 1. The summed E-state index contributed by atoms with van der Waals surface area (Å²) in [7, 11) is -3.28. The molecular formula is C11H21NO3S. The molecule has 0 aromatic rings. The van der Waals surface area contributed by atoms with E-state index >= 15 is 0 Å². The van der Waals surface area contributed by atoms with Gasteiger partial charge in [-0.3, -0.25) is 4.79 Å². The van der Waals surface area contributed by atoms with E-state index in [0.717, 1.165) is 25.5 Å². The predicted molar refractivity (Wildman–Crippen MR) is 63.9 cm³/mol. The van der Waals surface area contributed by atoms with Gasteiger partial charge < -0.3 is 5.32 Å². The van der Waals surface area contributed by atoms with Gasteiger partial charge in [-0.2, -0.15) is 0 Å². The Bertz CT molecular complexity index is 350. The van der Waals surface area contributed by atoms with Crippen molar-refractivity contribution in [2.75, 3.05) is 6.26 Å². The molecular weight excluding hydrogens is 226 g/mol. The van der Waals surface area contributed by atoms with Gasteiger partial charge in [0.05, 0.1) is 0 Å². The number of amides is 1. The molecule has 4 nitrogen and oxygen atoms in total. The van der Waals surface area contributed by atoms with Crippen LogP contribution in [0.3, 0.4) is 0 Å². The van der Waals surface area contributed by atoms with Gasteiger partial charge in [0, 0.05) is 12.3 Å². The van der Waals surface area contributed by atoms with Crippen LogP contribution in [0.4, 0.5) is 0 Å². The van der Waals surface area contributed by atoms with Crippen LogP contribution >= 0.6 is 0 Å². The van der Waals surface area contributed by atoms with Crippen molar-refractivity contribution >= 4 is 15.7 Å². The van der Waals surface area contributed by atoms with Crippen LogP contribution in [0.1, 0.15) is 39.5 Å². The second-order valence-corrected chi connectivity index (χ2v) is 7.21. The van der Waals surface area contributed by atoms with Crippen molar-refractivity contribution in [2.45, 2.75) is 50.8 Å². The molecule has 1 aliphatic rings. The van der Waals surface area contributed by atoms with Gasteiger partial charge in [-0.05, 0) is 25.7 Å². The SMILES string of the molecule is C[C@@H]1CCCC[C@H]1NC(=O)[C@H](C)S(C)(=O)=O. The fourth-order valence-electron chi connectivity index (χ4n) is 2.03. The summed E-state index contributed by atoms with van der Waals surface area (Å²) in [4.78, 5) is 11.7. The number of hydrogen-bond donors (Lipinski definition) is 1. The van der Waals surface area contributed by atoms with Crippen molar-refractivity contribution in [3.8, 4) is 0 Å². The maximum Gasteiger partial charge on any atom is 0.238 e. The van der Waals surface area contributed by atoms with E-state index in [9.17, 15) is 13.2 Å². The Kier molecular flexibility index (Phi) is 4.35. The maximum absolute atomic E-state index is 11.7. The molecule has 0 radical (unpaired) electrons. The van der Waals surface area contributed by atoms with Gasteiger partial charge in [0.1, 0.15) is 5.25 Å². The third kappa shape index (κ3) is 3.47. The fourth-order valence-corrected chi connectivity index (χ4v) is 2.48. The van der Waals surface area contributed by atoms with Crippen LogP contribution in [0.15, 0.2) is 0 Å². The number of carbonyl (C=O) groups is 1. The second kappa shape index (κ2) is 5.17. The minimum atomic E-state index is -3.28. The van der Waals surface area contributed by atoms with Crippen LogP contribution < -0.4 is 5.32 Å². The zero-order valence-electron chi connectivity index (χ0n) is 10.2. The van der Waals surface area contributed by atoms with Gasteiger partial charge in [-0.1, -0.05) is 19.8 Å². The van der Waals surface area contributed by atoms with Crippen molar-refractivity contribution in [2.24, 2.45) is 5.92 Å². The summed E-state index contributed by atoms with van der Waals surface area (Å²) in [5.74, 6) is 0.0886. The van der Waals surface area contributed by atoms with Crippen LogP contribution in [-0.2, 0) is 14.6 Å². The molecule has 1 aliphatic carbocycles. The third-order valence-corrected chi connectivity index (χ3v) is 4.95. The Morgan fingerprint density at radius 1 is 1.31 bits per heavy atom. The van der Waals surface area contributed by atoms with Gasteiger partial charge in [-0.15, -0.1) is 0 Å². The molecule has 3 atom stereocenters. The number of carbonyl (C=O) groups excluding carboxylic acids is 1. The highest BCUT2D eigenvalue weighted by Crippen LogP contribution is 2.23. The Balaban J connectivity index is 2.57. The first-order valence-corrected chi connectivity index (χ1v) is 7.77. The van der Waals surface area contributed by atoms with Crippen molar-refractivity contribution in [3.63, 3.8) is 0 Å². The molecule has 1 N–H and O–H groups in total. The minimum absolute atomic E-state index is 0.144.